The fourth-order valence-corrected chi connectivity index (χ4v) is 2.43. The van der Waals surface area contributed by atoms with E-state index in [1.807, 2.05) is 0 Å². The molecule has 0 bridgehead atoms. The van der Waals surface area contributed by atoms with Crippen LogP contribution in [0.5, 0.6) is 0 Å². The molecule has 0 amide bonds. The maximum absolute atomic E-state index is 5.38. The lowest BCUT2D eigenvalue weighted by Crippen LogP contribution is -2.12. The van der Waals surface area contributed by atoms with Crippen molar-refractivity contribution in [3.05, 3.63) is 28.5 Å². The SMILES string of the molecule is COCC(C)Cn1c(=S)[nH]c2c(C)cccc21. The van der Waals surface area contributed by atoms with Crippen LogP contribution in [0, 0.1) is 17.6 Å². The first-order valence-corrected chi connectivity index (χ1v) is 6.21. The molecule has 3 nitrogen and oxygen atoms in total. The van der Waals surface area contributed by atoms with Crippen molar-refractivity contribution in [1.29, 1.82) is 0 Å². The van der Waals surface area contributed by atoms with Gasteiger partial charge in [0.2, 0.25) is 0 Å². The van der Waals surface area contributed by atoms with Crippen molar-refractivity contribution in [2.24, 2.45) is 5.92 Å². The van der Waals surface area contributed by atoms with E-state index in [2.05, 4.69) is 41.6 Å². The summed E-state index contributed by atoms with van der Waals surface area (Å²) in [5, 5.41) is 0. The Kier molecular flexibility index (Phi) is 3.64. The van der Waals surface area contributed by atoms with Crippen LogP contribution in [0.3, 0.4) is 0 Å². The molecule has 1 N–H and O–H groups in total. The van der Waals surface area contributed by atoms with E-state index in [9.17, 15) is 0 Å². The Balaban J connectivity index is 2.43. The molecule has 0 aliphatic heterocycles. The van der Waals surface area contributed by atoms with E-state index in [0.29, 0.717) is 5.92 Å². The number of ether oxygens (including phenoxy) is 1. The van der Waals surface area contributed by atoms with E-state index in [0.717, 1.165) is 23.4 Å². The smallest absolute Gasteiger partial charge is 0.178 e. The van der Waals surface area contributed by atoms with Gasteiger partial charge in [0.1, 0.15) is 0 Å². The van der Waals surface area contributed by atoms with Crippen molar-refractivity contribution in [3.8, 4) is 0 Å². The second-order valence-electron chi connectivity index (χ2n) is 4.57. The zero-order valence-corrected chi connectivity index (χ0v) is 11.3. The van der Waals surface area contributed by atoms with Gasteiger partial charge in [-0.25, -0.2) is 0 Å². The Morgan fingerprint density at radius 3 is 2.94 bits per heavy atom. The van der Waals surface area contributed by atoms with Gasteiger partial charge < -0.3 is 14.3 Å². The monoisotopic (exact) mass is 250 g/mol. The number of fused-ring (bicyclic) bond motifs is 1. The summed E-state index contributed by atoms with van der Waals surface area (Å²) in [6, 6.07) is 6.27. The summed E-state index contributed by atoms with van der Waals surface area (Å²) in [6.07, 6.45) is 0. The van der Waals surface area contributed by atoms with Crippen LogP contribution in [0.15, 0.2) is 18.2 Å². The van der Waals surface area contributed by atoms with Gasteiger partial charge in [0.05, 0.1) is 17.6 Å². The van der Waals surface area contributed by atoms with Crippen molar-refractivity contribution in [1.82, 2.24) is 9.55 Å². The third-order valence-corrected chi connectivity index (χ3v) is 3.29. The Labute approximate surface area is 106 Å². The van der Waals surface area contributed by atoms with Gasteiger partial charge in [-0.15, -0.1) is 0 Å². The van der Waals surface area contributed by atoms with Gasteiger partial charge in [0.25, 0.3) is 0 Å². The standard InChI is InChI=1S/C13H18N2OS/c1-9(8-16-3)7-15-11-6-4-5-10(2)12(11)14-13(15)17/h4-6,9H,7-8H2,1-3H3,(H,14,17). The number of H-pyrrole nitrogens is 1. The Hall–Kier alpha value is -1.13. The Morgan fingerprint density at radius 2 is 2.24 bits per heavy atom. The molecule has 1 aromatic carbocycles. The highest BCUT2D eigenvalue weighted by atomic mass is 32.1. The number of benzene rings is 1. The zero-order chi connectivity index (χ0) is 12.4. The second-order valence-corrected chi connectivity index (χ2v) is 4.96. The van der Waals surface area contributed by atoms with Crippen LogP contribution in [-0.2, 0) is 11.3 Å². The van der Waals surface area contributed by atoms with Crippen molar-refractivity contribution in [2.45, 2.75) is 20.4 Å². The van der Waals surface area contributed by atoms with Crippen LogP contribution in [-0.4, -0.2) is 23.3 Å². The predicted molar refractivity (Wildman–Crippen MR) is 72.9 cm³/mol. The summed E-state index contributed by atoms with van der Waals surface area (Å²) in [5.74, 6) is 0.450. The van der Waals surface area contributed by atoms with Crippen LogP contribution in [0.2, 0.25) is 0 Å². The molecule has 1 heterocycles. The van der Waals surface area contributed by atoms with Crippen LogP contribution >= 0.6 is 12.2 Å². The number of imidazole rings is 1. The highest BCUT2D eigenvalue weighted by Gasteiger charge is 2.09. The van der Waals surface area contributed by atoms with Gasteiger partial charge >= 0.3 is 0 Å². The third kappa shape index (κ3) is 2.42. The van der Waals surface area contributed by atoms with Gasteiger partial charge in [-0.1, -0.05) is 19.1 Å². The fourth-order valence-electron chi connectivity index (χ4n) is 2.15. The number of nitrogens with one attached hydrogen (secondary N) is 1. The molecule has 4 heteroatoms. The molecule has 1 aromatic heterocycles. The molecule has 17 heavy (non-hydrogen) atoms. The van der Waals surface area contributed by atoms with Gasteiger partial charge in [-0.05, 0) is 36.7 Å². The minimum absolute atomic E-state index is 0.450. The number of methoxy groups -OCH3 is 1. The first kappa shape index (κ1) is 12.3. The normalized spacial score (nSPS) is 13.1. The predicted octanol–water partition coefficient (Wildman–Crippen LogP) is 3.29. The number of aromatic amines is 1. The molecule has 0 aliphatic carbocycles. The number of rotatable bonds is 4. The number of hydrogen-bond donors (Lipinski definition) is 1. The van der Waals surface area contributed by atoms with Crippen LogP contribution < -0.4 is 0 Å². The summed E-state index contributed by atoms with van der Waals surface area (Å²) < 4.78 is 8.11. The van der Waals surface area contributed by atoms with Gasteiger partial charge in [0.15, 0.2) is 4.77 Å². The Bertz CT molecular complexity index is 570. The van der Waals surface area contributed by atoms with Gasteiger partial charge in [-0.3, -0.25) is 0 Å². The summed E-state index contributed by atoms with van der Waals surface area (Å²) in [4.78, 5) is 3.28. The first-order chi connectivity index (χ1) is 8.13. The number of nitrogens with zero attached hydrogens (tertiary/aromatic N) is 1. The quantitative estimate of drug-likeness (QED) is 0.844. The minimum Gasteiger partial charge on any atom is -0.384 e. The summed E-state index contributed by atoms with van der Waals surface area (Å²) in [6.45, 7) is 5.90. The van der Waals surface area contributed by atoms with Crippen LogP contribution in [0.4, 0.5) is 0 Å². The molecule has 0 spiro atoms. The largest absolute Gasteiger partial charge is 0.384 e. The topological polar surface area (TPSA) is 29.9 Å². The number of aromatic nitrogens is 2. The fraction of sp³-hybridized carbons (Fsp3) is 0.462. The lowest BCUT2D eigenvalue weighted by atomic mass is 10.2. The molecule has 2 aromatic rings. The van der Waals surface area contributed by atoms with Crippen molar-refractivity contribution in [3.63, 3.8) is 0 Å². The summed E-state index contributed by atoms with van der Waals surface area (Å²) in [7, 11) is 1.73. The molecule has 1 unspecified atom stereocenters. The Morgan fingerprint density at radius 1 is 1.47 bits per heavy atom. The number of hydrogen-bond acceptors (Lipinski definition) is 2. The lowest BCUT2D eigenvalue weighted by Gasteiger charge is -2.11. The molecular weight excluding hydrogens is 232 g/mol. The molecule has 0 radical (unpaired) electrons. The second kappa shape index (κ2) is 5.02. The minimum atomic E-state index is 0.450. The highest BCUT2D eigenvalue weighted by molar-refractivity contribution is 7.71. The molecular formula is C13H18N2OS. The molecule has 0 aliphatic rings. The van der Waals surface area contributed by atoms with E-state index in [1.165, 1.54) is 11.1 Å². The van der Waals surface area contributed by atoms with E-state index in [1.54, 1.807) is 7.11 Å². The van der Waals surface area contributed by atoms with Gasteiger partial charge in [0, 0.05) is 13.7 Å². The van der Waals surface area contributed by atoms with Crippen LogP contribution in [0.1, 0.15) is 12.5 Å². The number of aryl methyl sites for hydroxylation is 1. The van der Waals surface area contributed by atoms with E-state index >= 15 is 0 Å². The average molecular weight is 250 g/mol. The maximum Gasteiger partial charge on any atom is 0.178 e. The highest BCUT2D eigenvalue weighted by Crippen LogP contribution is 2.19. The number of para-hydroxylation sites is 1. The first-order valence-electron chi connectivity index (χ1n) is 5.80. The zero-order valence-electron chi connectivity index (χ0n) is 10.5. The van der Waals surface area contributed by atoms with Crippen LogP contribution in [0.25, 0.3) is 11.0 Å². The van der Waals surface area contributed by atoms with Crippen molar-refractivity contribution < 1.29 is 4.74 Å². The van der Waals surface area contributed by atoms with E-state index < -0.39 is 0 Å². The third-order valence-electron chi connectivity index (χ3n) is 2.96. The van der Waals surface area contributed by atoms with E-state index in [4.69, 9.17) is 17.0 Å². The average Bonchev–Trinajstić information content (AvgIpc) is 2.58. The summed E-state index contributed by atoms with van der Waals surface area (Å²) >= 11 is 5.38. The summed E-state index contributed by atoms with van der Waals surface area (Å²) in [5.41, 5.74) is 3.55. The van der Waals surface area contributed by atoms with Gasteiger partial charge in [-0.2, -0.15) is 0 Å². The van der Waals surface area contributed by atoms with Crippen molar-refractivity contribution in [2.75, 3.05) is 13.7 Å². The molecule has 1 atom stereocenters. The lowest BCUT2D eigenvalue weighted by molar-refractivity contribution is 0.152. The molecule has 2 rings (SSSR count). The van der Waals surface area contributed by atoms with Crippen molar-refractivity contribution >= 4 is 23.3 Å². The molecule has 0 fully saturated rings. The molecule has 92 valence electrons. The molecule has 0 saturated heterocycles. The van der Waals surface area contributed by atoms with E-state index in [-0.39, 0.29) is 0 Å². The maximum atomic E-state index is 5.38. The molecule has 0 saturated carbocycles.